The molecule has 0 fully saturated rings. The minimum Gasteiger partial charge on any atom is -0.486 e. The average Bonchev–Trinajstić information content (AvgIpc) is 2.26. The van der Waals surface area contributed by atoms with Crippen LogP contribution >= 0.6 is 0 Å². The Hall–Kier alpha value is -1.18. The lowest BCUT2D eigenvalue weighted by Crippen LogP contribution is -2.31. The molecular weight excluding hydrogens is 198 g/mol. The first-order chi connectivity index (χ1) is 7.52. The number of benzene rings is 1. The predicted molar refractivity (Wildman–Crippen MR) is 68.3 cm³/mol. The lowest BCUT2D eigenvalue weighted by molar-refractivity contribution is 0.197. The maximum atomic E-state index is 6.08. The Morgan fingerprint density at radius 1 is 1.38 bits per heavy atom. The number of rotatable bonds is 1. The molecule has 0 aromatic heterocycles. The second kappa shape index (κ2) is 4.00. The Morgan fingerprint density at radius 2 is 2.12 bits per heavy atom. The number of hydrogen-bond donors (Lipinski definition) is 1. The van der Waals surface area contributed by atoms with E-state index in [1.807, 2.05) is 0 Å². The van der Waals surface area contributed by atoms with Crippen LogP contribution in [0.5, 0.6) is 5.75 Å². The van der Waals surface area contributed by atoms with Crippen LogP contribution in [0.15, 0.2) is 18.2 Å². The van der Waals surface area contributed by atoms with Crippen LogP contribution in [0.2, 0.25) is 0 Å². The molecule has 1 aliphatic heterocycles. The minimum atomic E-state index is 0.128. The molecule has 1 heterocycles. The minimum absolute atomic E-state index is 0.128. The summed E-state index contributed by atoms with van der Waals surface area (Å²) < 4.78 is 6.08. The Bertz CT molecular complexity index is 379. The summed E-state index contributed by atoms with van der Waals surface area (Å²) in [5.41, 5.74) is 2.55. The van der Waals surface area contributed by atoms with Gasteiger partial charge in [0.15, 0.2) is 0 Å². The van der Waals surface area contributed by atoms with Gasteiger partial charge >= 0.3 is 0 Å². The van der Waals surface area contributed by atoms with Gasteiger partial charge in [-0.25, -0.2) is 0 Å². The van der Waals surface area contributed by atoms with Crippen molar-refractivity contribution < 1.29 is 4.74 Å². The lowest BCUT2D eigenvalue weighted by atomic mass is 9.85. The van der Waals surface area contributed by atoms with Crippen LogP contribution in [0.4, 0.5) is 5.69 Å². The first kappa shape index (κ1) is 11.3. The van der Waals surface area contributed by atoms with E-state index in [4.69, 9.17) is 4.74 Å². The Labute approximate surface area is 98.0 Å². The van der Waals surface area contributed by atoms with Crippen LogP contribution < -0.4 is 10.1 Å². The van der Waals surface area contributed by atoms with Crippen molar-refractivity contribution in [3.8, 4) is 5.75 Å². The molecule has 1 aliphatic rings. The van der Waals surface area contributed by atoms with Gasteiger partial charge in [-0.3, -0.25) is 0 Å². The Balaban J connectivity index is 2.42. The number of nitrogens with one attached hydrogen (secondary N) is 1. The molecule has 1 N–H and O–H groups in total. The van der Waals surface area contributed by atoms with E-state index in [9.17, 15) is 0 Å². The maximum Gasteiger partial charge on any atom is 0.146 e. The molecule has 0 radical (unpaired) electrons. The molecule has 0 saturated heterocycles. The summed E-state index contributed by atoms with van der Waals surface area (Å²) in [5.74, 6) is 1.05. The van der Waals surface area contributed by atoms with E-state index in [2.05, 4.69) is 51.2 Å². The zero-order valence-corrected chi connectivity index (χ0v) is 10.6. The van der Waals surface area contributed by atoms with Crippen molar-refractivity contribution in [1.82, 2.24) is 0 Å². The molecule has 0 bridgehead atoms. The molecule has 0 spiro atoms. The molecule has 1 aromatic rings. The van der Waals surface area contributed by atoms with Gasteiger partial charge in [0.25, 0.3) is 0 Å². The van der Waals surface area contributed by atoms with E-state index < -0.39 is 0 Å². The second-order valence-corrected chi connectivity index (χ2v) is 5.46. The van der Waals surface area contributed by atoms with Crippen molar-refractivity contribution in [3.05, 3.63) is 23.8 Å². The van der Waals surface area contributed by atoms with Crippen LogP contribution in [0.25, 0.3) is 0 Å². The van der Waals surface area contributed by atoms with E-state index in [1.165, 1.54) is 5.56 Å². The van der Waals surface area contributed by atoms with Crippen LogP contribution in [0.1, 0.15) is 39.7 Å². The fourth-order valence-electron chi connectivity index (χ4n) is 2.05. The molecule has 1 unspecified atom stereocenters. The van der Waals surface area contributed by atoms with Gasteiger partial charge in [0, 0.05) is 5.56 Å². The van der Waals surface area contributed by atoms with E-state index in [-0.39, 0.29) is 5.41 Å². The molecule has 16 heavy (non-hydrogen) atoms. The first-order valence-electron chi connectivity index (χ1n) is 6.06. The summed E-state index contributed by atoms with van der Waals surface area (Å²) in [6.45, 7) is 9.75. The second-order valence-electron chi connectivity index (χ2n) is 5.46. The molecule has 2 rings (SSSR count). The van der Waals surface area contributed by atoms with E-state index >= 15 is 0 Å². The van der Waals surface area contributed by atoms with Gasteiger partial charge in [-0.15, -0.1) is 0 Å². The van der Waals surface area contributed by atoms with Crippen molar-refractivity contribution in [2.75, 3.05) is 11.9 Å². The molecule has 2 heteroatoms. The number of para-hydroxylation sites is 1. The van der Waals surface area contributed by atoms with Crippen molar-refractivity contribution in [2.24, 2.45) is 0 Å². The van der Waals surface area contributed by atoms with Gasteiger partial charge in [-0.1, -0.05) is 39.8 Å². The first-order valence-corrected chi connectivity index (χ1v) is 6.06. The third-order valence-corrected chi connectivity index (χ3v) is 3.08. The fourth-order valence-corrected chi connectivity index (χ4v) is 2.05. The van der Waals surface area contributed by atoms with Crippen molar-refractivity contribution in [1.29, 1.82) is 0 Å². The molecule has 88 valence electrons. The zero-order valence-electron chi connectivity index (χ0n) is 10.6. The largest absolute Gasteiger partial charge is 0.486 e. The third kappa shape index (κ3) is 2.01. The molecule has 1 aromatic carbocycles. The smallest absolute Gasteiger partial charge is 0.146 e. The van der Waals surface area contributed by atoms with Gasteiger partial charge in [-0.05, 0) is 17.9 Å². The zero-order chi connectivity index (χ0) is 11.8. The maximum absolute atomic E-state index is 6.08. The Kier molecular flexibility index (Phi) is 2.83. The highest BCUT2D eigenvalue weighted by Crippen LogP contribution is 2.39. The number of hydrogen-bond acceptors (Lipinski definition) is 2. The highest BCUT2D eigenvalue weighted by Gasteiger charge is 2.25. The standard InChI is InChI=1S/C14H21NO/c1-5-10-9-15-12-8-6-7-11(13(12)16-10)14(2,3)4/h6-8,10,15H,5,9H2,1-4H3. The van der Waals surface area contributed by atoms with Gasteiger partial charge in [0.05, 0.1) is 12.2 Å². The van der Waals surface area contributed by atoms with Gasteiger partial charge in [-0.2, -0.15) is 0 Å². The van der Waals surface area contributed by atoms with E-state index in [1.54, 1.807) is 0 Å². The highest BCUT2D eigenvalue weighted by atomic mass is 16.5. The SMILES string of the molecule is CCC1CNc2cccc(C(C)(C)C)c2O1. The number of ether oxygens (including phenoxy) is 1. The molecular formula is C14H21NO. The summed E-state index contributed by atoms with van der Waals surface area (Å²) in [5, 5.41) is 3.45. The van der Waals surface area contributed by atoms with Crippen molar-refractivity contribution in [2.45, 2.75) is 45.6 Å². The van der Waals surface area contributed by atoms with Crippen LogP contribution in [0.3, 0.4) is 0 Å². The third-order valence-electron chi connectivity index (χ3n) is 3.08. The summed E-state index contributed by atoms with van der Waals surface area (Å²) in [6, 6.07) is 6.36. The molecule has 0 amide bonds. The van der Waals surface area contributed by atoms with Gasteiger partial charge < -0.3 is 10.1 Å². The predicted octanol–water partition coefficient (Wildman–Crippen LogP) is 3.57. The fraction of sp³-hybridized carbons (Fsp3) is 0.571. The summed E-state index contributed by atoms with van der Waals surface area (Å²) in [6.07, 6.45) is 1.35. The topological polar surface area (TPSA) is 21.3 Å². The summed E-state index contributed by atoms with van der Waals surface area (Å²) >= 11 is 0. The molecule has 1 atom stereocenters. The summed E-state index contributed by atoms with van der Waals surface area (Å²) in [7, 11) is 0. The average molecular weight is 219 g/mol. The number of anilines is 1. The monoisotopic (exact) mass is 219 g/mol. The van der Waals surface area contributed by atoms with Crippen LogP contribution in [0, 0.1) is 0 Å². The van der Waals surface area contributed by atoms with Crippen LogP contribution in [-0.2, 0) is 5.41 Å². The Morgan fingerprint density at radius 3 is 2.75 bits per heavy atom. The molecule has 0 saturated carbocycles. The molecule has 2 nitrogen and oxygen atoms in total. The molecule has 0 aliphatic carbocycles. The van der Waals surface area contributed by atoms with E-state index in [0.717, 1.165) is 24.4 Å². The van der Waals surface area contributed by atoms with E-state index in [0.29, 0.717) is 6.10 Å². The summed E-state index contributed by atoms with van der Waals surface area (Å²) in [4.78, 5) is 0. The van der Waals surface area contributed by atoms with Crippen LogP contribution in [-0.4, -0.2) is 12.6 Å². The lowest BCUT2D eigenvalue weighted by Gasteiger charge is -2.32. The van der Waals surface area contributed by atoms with Gasteiger partial charge in [0.2, 0.25) is 0 Å². The normalized spacial score (nSPS) is 19.6. The number of fused-ring (bicyclic) bond motifs is 1. The quantitative estimate of drug-likeness (QED) is 0.779. The van der Waals surface area contributed by atoms with Crippen molar-refractivity contribution in [3.63, 3.8) is 0 Å². The highest BCUT2D eigenvalue weighted by molar-refractivity contribution is 5.63. The van der Waals surface area contributed by atoms with Crippen molar-refractivity contribution >= 4 is 5.69 Å². The van der Waals surface area contributed by atoms with Gasteiger partial charge in [0.1, 0.15) is 11.9 Å².